The molecule has 164 valence electrons. The summed E-state index contributed by atoms with van der Waals surface area (Å²) in [4.78, 5) is 42.1. The lowest BCUT2D eigenvalue weighted by molar-refractivity contribution is -0.145. The summed E-state index contributed by atoms with van der Waals surface area (Å²) in [5.41, 5.74) is 1.03. The number of rotatable bonds is 8. The molecule has 1 saturated heterocycles. The largest absolute Gasteiger partial charge is 0.344 e. The second-order valence-electron chi connectivity index (χ2n) is 8.70. The van der Waals surface area contributed by atoms with Crippen LogP contribution in [-0.4, -0.2) is 59.2 Å². The van der Waals surface area contributed by atoms with E-state index >= 15 is 0 Å². The molecule has 2 aliphatic rings. The van der Waals surface area contributed by atoms with Crippen LogP contribution in [0, 0.1) is 5.92 Å². The Balaban J connectivity index is 1.64. The fourth-order valence-corrected chi connectivity index (χ4v) is 4.23. The normalized spacial score (nSPS) is 20.4. The number of nitrogens with zero attached hydrogens (tertiary/aromatic N) is 2. The molecule has 1 heterocycles. The minimum atomic E-state index is -0.560. The van der Waals surface area contributed by atoms with Crippen LogP contribution in [0.4, 0.5) is 0 Å². The molecule has 2 fully saturated rings. The highest BCUT2D eigenvalue weighted by Crippen LogP contribution is 2.26. The molecule has 6 nitrogen and oxygen atoms in total. The maximum Gasteiger partial charge on any atom is 0.245 e. The third-order valence-electron chi connectivity index (χ3n) is 6.38. The van der Waals surface area contributed by atoms with E-state index in [4.69, 9.17) is 0 Å². The lowest BCUT2D eigenvalue weighted by atomic mass is 9.84. The van der Waals surface area contributed by atoms with Gasteiger partial charge in [0.2, 0.25) is 17.7 Å². The molecule has 1 aliphatic heterocycles. The first kappa shape index (κ1) is 22.3. The summed E-state index contributed by atoms with van der Waals surface area (Å²) in [5, 5.41) is 3.03. The fraction of sp³-hybridized carbons (Fsp3) is 0.625. The number of hydrogen-bond donors (Lipinski definition) is 1. The Bertz CT molecular complexity index is 732. The summed E-state index contributed by atoms with van der Waals surface area (Å²) >= 11 is 0. The van der Waals surface area contributed by atoms with Gasteiger partial charge < -0.3 is 15.1 Å². The summed E-state index contributed by atoms with van der Waals surface area (Å²) in [6.07, 6.45) is 5.87. The van der Waals surface area contributed by atoms with Gasteiger partial charge in [-0.3, -0.25) is 14.4 Å². The molecule has 0 spiro atoms. The average molecular weight is 414 g/mol. The Morgan fingerprint density at radius 1 is 1.13 bits per heavy atom. The molecule has 2 unspecified atom stereocenters. The van der Waals surface area contributed by atoms with Crippen LogP contribution in [-0.2, 0) is 20.8 Å². The van der Waals surface area contributed by atoms with Crippen LogP contribution < -0.4 is 5.32 Å². The van der Waals surface area contributed by atoms with E-state index in [1.807, 2.05) is 47.1 Å². The molecule has 3 rings (SSSR count). The highest BCUT2D eigenvalue weighted by Gasteiger charge is 2.35. The van der Waals surface area contributed by atoms with Gasteiger partial charge in [0.05, 0.1) is 0 Å². The first-order chi connectivity index (χ1) is 14.5. The predicted molar refractivity (Wildman–Crippen MR) is 117 cm³/mol. The topological polar surface area (TPSA) is 69.7 Å². The summed E-state index contributed by atoms with van der Waals surface area (Å²) in [6.45, 7) is 5.68. The molecule has 30 heavy (non-hydrogen) atoms. The van der Waals surface area contributed by atoms with Gasteiger partial charge in [-0.1, -0.05) is 50.1 Å². The van der Waals surface area contributed by atoms with Crippen molar-refractivity contribution in [1.82, 2.24) is 15.1 Å². The Labute approximate surface area is 180 Å². The van der Waals surface area contributed by atoms with Gasteiger partial charge in [-0.25, -0.2) is 0 Å². The summed E-state index contributed by atoms with van der Waals surface area (Å²) in [5.74, 6) is 0.176. The Kier molecular flexibility index (Phi) is 7.88. The molecule has 1 aromatic carbocycles. The Morgan fingerprint density at radius 3 is 2.47 bits per heavy atom. The standard InChI is InChI=1S/C24H35N3O3/c1-3-4-13-22(28)27-15-14-26(17-18(27)2)24(30)21(16-19-9-6-5-7-10-19)25-23(29)20-11-8-12-20/h5-7,9-10,18,20-21H,3-4,8,11-17H2,1-2H3,(H,25,29). The van der Waals surface area contributed by atoms with Crippen molar-refractivity contribution in [2.45, 2.75) is 70.9 Å². The SMILES string of the molecule is CCCCC(=O)N1CCN(C(=O)C(Cc2ccccc2)NC(=O)C2CCC2)CC1C. The molecule has 1 aliphatic carbocycles. The van der Waals surface area contributed by atoms with E-state index in [-0.39, 0.29) is 29.7 Å². The smallest absolute Gasteiger partial charge is 0.245 e. The van der Waals surface area contributed by atoms with E-state index < -0.39 is 6.04 Å². The van der Waals surface area contributed by atoms with Gasteiger partial charge in [0.25, 0.3) is 0 Å². The molecular formula is C24H35N3O3. The van der Waals surface area contributed by atoms with Crippen molar-refractivity contribution in [2.24, 2.45) is 5.92 Å². The van der Waals surface area contributed by atoms with Crippen molar-refractivity contribution in [3.8, 4) is 0 Å². The van der Waals surface area contributed by atoms with Crippen molar-refractivity contribution in [3.05, 3.63) is 35.9 Å². The van der Waals surface area contributed by atoms with E-state index in [1.54, 1.807) is 0 Å². The first-order valence-corrected chi connectivity index (χ1v) is 11.4. The van der Waals surface area contributed by atoms with E-state index in [9.17, 15) is 14.4 Å². The third kappa shape index (κ3) is 5.61. The molecular weight excluding hydrogens is 378 g/mol. The fourth-order valence-electron chi connectivity index (χ4n) is 4.23. The van der Waals surface area contributed by atoms with Gasteiger partial charge in [-0.2, -0.15) is 0 Å². The summed E-state index contributed by atoms with van der Waals surface area (Å²) in [6, 6.07) is 9.26. The van der Waals surface area contributed by atoms with E-state index in [1.165, 1.54) is 0 Å². The zero-order valence-corrected chi connectivity index (χ0v) is 18.3. The second kappa shape index (κ2) is 10.6. The lowest BCUT2D eigenvalue weighted by Crippen LogP contribution is -2.59. The maximum atomic E-state index is 13.4. The zero-order chi connectivity index (χ0) is 21.5. The minimum Gasteiger partial charge on any atom is -0.344 e. The van der Waals surface area contributed by atoms with Crippen molar-refractivity contribution < 1.29 is 14.4 Å². The minimum absolute atomic E-state index is 0.00282. The van der Waals surface area contributed by atoms with Crippen LogP contribution in [0.1, 0.15) is 57.9 Å². The number of hydrogen-bond acceptors (Lipinski definition) is 3. The zero-order valence-electron chi connectivity index (χ0n) is 18.3. The van der Waals surface area contributed by atoms with Gasteiger partial charge >= 0.3 is 0 Å². The predicted octanol–water partition coefficient (Wildman–Crippen LogP) is 2.76. The summed E-state index contributed by atoms with van der Waals surface area (Å²) in [7, 11) is 0. The van der Waals surface area contributed by atoms with Crippen LogP contribution >= 0.6 is 0 Å². The molecule has 1 N–H and O–H groups in total. The molecule has 1 aromatic rings. The third-order valence-corrected chi connectivity index (χ3v) is 6.38. The molecule has 2 atom stereocenters. The number of benzene rings is 1. The van der Waals surface area contributed by atoms with Crippen LogP contribution in [0.5, 0.6) is 0 Å². The maximum absolute atomic E-state index is 13.4. The van der Waals surface area contributed by atoms with Crippen LogP contribution in [0.3, 0.4) is 0 Å². The molecule has 6 heteroatoms. The van der Waals surface area contributed by atoms with Crippen molar-refractivity contribution in [3.63, 3.8) is 0 Å². The van der Waals surface area contributed by atoms with Crippen LogP contribution in [0.25, 0.3) is 0 Å². The highest BCUT2D eigenvalue weighted by molar-refractivity contribution is 5.89. The molecule has 1 saturated carbocycles. The van der Waals surface area contributed by atoms with E-state index in [0.717, 1.165) is 37.7 Å². The quantitative estimate of drug-likeness (QED) is 0.712. The average Bonchev–Trinajstić information content (AvgIpc) is 2.70. The first-order valence-electron chi connectivity index (χ1n) is 11.4. The number of unbranched alkanes of at least 4 members (excludes halogenated alkanes) is 1. The number of amides is 3. The molecule has 0 bridgehead atoms. The van der Waals surface area contributed by atoms with Gasteiger partial charge in [-0.05, 0) is 31.7 Å². The van der Waals surface area contributed by atoms with Gasteiger partial charge in [0, 0.05) is 44.4 Å². The van der Waals surface area contributed by atoms with Crippen molar-refractivity contribution >= 4 is 17.7 Å². The highest BCUT2D eigenvalue weighted by atomic mass is 16.2. The number of nitrogens with one attached hydrogen (secondary N) is 1. The molecule has 0 radical (unpaired) electrons. The van der Waals surface area contributed by atoms with Crippen LogP contribution in [0.2, 0.25) is 0 Å². The monoisotopic (exact) mass is 413 g/mol. The number of carbonyl (C=O) groups excluding carboxylic acids is 3. The van der Waals surface area contributed by atoms with Crippen LogP contribution in [0.15, 0.2) is 30.3 Å². The molecule has 3 amide bonds. The Hall–Kier alpha value is -2.37. The van der Waals surface area contributed by atoms with Gasteiger partial charge in [-0.15, -0.1) is 0 Å². The van der Waals surface area contributed by atoms with Gasteiger partial charge in [0.15, 0.2) is 0 Å². The number of carbonyl (C=O) groups is 3. The lowest BCUT2D eigenvalue weighted by Gasteiger charge is -2.41. The number of piperazine rings is 1. The molecule has 0 aromatic heterocycles. The van der Waals surface area contributed by atoms with Crippen molar-refractivity contribution in [1.29, 1.82) is 0 Å². The van der Waals surface area contributed by atoms with E-state index in [2.05, 4.69) is 12.2 Å². The Morgan fingerprint density at radius 2 is 1.87 bits per heavy atom. The second-order valence-corrected chi connectivity index (χ2v) is 8.70. The van der Waals surface area contributed by atoms with Gasteiger partial charge in [0.1, 0.15) is 6.04 Å². The van der Waals surface area contributed by atoms with E-state index in [0.29, 0.717) is 32.5 Å². The summed E-state index contributed by atoms with van der Waals surface area (Å²) < 4.78 is 0. The van der Waals surface area contributed by atoms with Crippen molar-refractivity contribution in [2.75, 3.05) is 19.6 Å².